The zero-order valence-electron chi connectivity index (χ0n) is 19.9. The Morgan fingerprint density at radius 1 is 1.09 bits per heavy atom. The number of likely N-dealkylation sites (tertiary alicyclic amines) is 1. The van der Waals surface area contributed by atoms with Crippen LogP contribution in [0.25, 0.3) is 0 Å². The van der Waals surface area contributed by atoms with Gasteiger partial charge in [-0.05, 0) is 57.1 Å². The summed E-state index contributed by atoms with van der Waals surface area (Å²) in [5.74, 6) is 1.13. The molecule has 7 nitrogen and oxygen atoms in total. The van der Waals surface area contributed by atoms with Crippen LogP contribution in [0.15, 0.2) is 30.5 Å². The van der Waals surface area contributed by atoms with Crippen molar-refractivity contribution in [2.45, 2.75) is 58.3 Å². The van der Waals surface area contributed by atoms with E-state index in [0.717, 1.165) is 50.0 Å². The molecule has 0 atom stereocenters. The lowest BCUT2D eigenvalue weighted by atomic mass is 9.73. The number of carbonyl (C=O) groups is 2. The van der Waals surface area contributed by atoms with E-state index in [4.69, 9.17) is 4.74 Å². The third-order valence-electron chi connectivity index (χ3n) is 7.17. The average molecular weight is 453 g/mol. The fraction of sp³-hybridized carbons (Fsp3) is 0.577. The van der Waals surface area contributed by atoms with Crippen LogP contribution in [0, 0.1) is 12.3 Å². The highest BCUT2D eigenvalue weighted by Gasteiger charge is 2.41. The van der Waals surface area contributed by atoms with Gasteiger partial charge in [0.25, 0.3) is 5.91 Å². The largest absolute Gasteiger partial charge is 0.493 e. The second-order valence-corrected chi connectivity index (χ2v) is 9.50. The number of para-hydroxylation sites is 1. The van der Waals surface area contributed by atoms with Gasteiger partial charge in [0.05, 0.1) is 23.3 Å². The summed E-state index contributed by atoms with van der Waals surface area (Å²) >= 11 is 0. The first-order chi connectivity index (χ1) is 16.0. The van der Waals surface area contributed by atoms with Crippen molar-refractivity contribution >= 4 is 11.8 Å². The standard InChI is InChI=1S/C26H36N4O3/c1-20-22(19-29(2)28-20)24(31)30-16-13-26(14-17-30)12-7-3-4-9-21-10-5-6-11-23(21)33-18-8-15-27-25(26)32/h5-6,10-11,19H,3-4,7-9,12-18H2,1-2H3,(H,27,32). The van der Waals surface area contributed by atoms with E-state index in [0.29, 0.717) is 44.6 Å². The average Bonchev–Trinajstić information content (AvgIpc) is 3.16. The minimum absolute atomic E-state index is 0.0209. The molecule has 0 aliphatic carbocycles. The molecule has 0 saturated carbocycles. The number of nitrogens with one attached hydrogen (secondary N) is 1. The predicted molar refractivity (Wildman–Crippen MR) is 127 cm³/mol. The summed E-state index contributed by atoms with van der Waals surface area (Å²) in [4.78, 5) is 28.2. The van der Waals surface area contributed by atoms with Crippen LogP contribution < -0.4 is 10.1 Å². The lowest BCUT2D eigenvalue weighted by molar-refractivity contribution is -0.134. The van der Waals surface area contributed by atoms with E-state index >= 15 is 0 Å². The van der Waals surface area contributed by atoms with Crippen molar-refractivity contribution in [1.82, 2.24) is 20.0 Å². The second-order valence-electron chi connectivity index (χ2n) is 9.50. The first-order valence-corrected chi connectivity index (χ1v) is 12.3. The Bertz CT molecular complexity index is 976. The molecule has 1 aromatic carbocycles. The first-order valence-electron chi connectivity index (χ1n) is 12.3. The molecule has 2 aliphatic rings. The minimum Gasteiger partial charge on any atom is -0.493 e. The molecule has 0 radical (unpaired) electrons. The number of amides is 2. The third kappa shape index (κ3) is 5.40. The van der Waals surface area contributed by atoms with E-state index < -0.39 is 0 Å². The summed E-state index contributed by atoms with van der Waals surface area (Å²) in [6.45, 7) is 4.29. The number of hydrogen-bond acceptors (Lipinski definition) is 4. The molecular formula is C26H36N4O3. The van der Waals surface area contributed by atoms with Gasteiger partial charge in [-0.2, -0.15) is 5.10 Å². The highest BCUT2D eigenvalue weighted by Crippen LogP contribution is 2.38. The molecule has 0 bridgehead atoms. The van der Waals surface area contributed by atoms with E-state index in [1.807, 2.05) is 31.0 Å². The molecule has 2 aromatic rings. The van der Waals surface area contributed by atoms with Gasteiger partial charge in [0.2, 0.25) is 5.91 Å². The smallest absolute Gasteiger partial charge is 0.257 e. The van der Waals surface area contributed by atoms with Crippen molar-refractivity contribution in [3.8, 4) is 5.75 Å². The highest BCUT2D eigenvalue weighted by atomic mass is 16.5. The van der Waals surface area contributed by atoms with Crippen LogP contribution in [0.3, 0.4) is 0 Å². The lowest BCUT2D eigenvalue weighted by Gasteiger charge is -2.41. The van der Waals surface area contributed by atoms with Crippen molar-refractivity contribution in [3.05, 3.63) is 47.3 Å². The second kappa shape index (κ2) is 10.4. The molecular weight excluding hydrogens is 416 g/mol. The summed E-state index contributed by atoms with van der Waals surface area (Å²) in [5, 5.41) is 7.48. The third-order valence-corrected chi connectivity index (χ3v) is 7.17. The van der Waals surface area contributed by atoms with Gasteiger partial charge in [0, 0.05) is 32.9 Å². The Balaban J connectivity index is 1.40. The normalized spacial score (nSPS) is 19.8. The number of aromatic nitrogens is 2. The van der Waals surface area contributed by atoms with E-state index in [1.54, 1.807) is 10.9 Å². The number of fused-ring (bicyclic) bond motifs is 1. The van der Waals surface area contributed by atoms with Gasteiger partial charge in [-0.3, -0.25) is 14.3 Å². The van der Waals surface area contributed by atoms with Crippen molar-refractivity contribution in [2.75, 3.05) is 26.2 Å². The van der Waals surface area contributed by atoms with Gasteiger partial charge in [-0.25, -0.2) is 0 Å². The number of rotatable bonds is 1. The zero-order valence-corrected chi connectivity index (χ0v) is 19.9. The maximum absolute atomic E-state index is 13.3. The van der Waals surface area contributed by atoms with Gasteiger partial charge < -0.3 is 15.0 Å². The lowest BCUT2D eigenvalue weighted by Crippen LogP contribution is -2.50. The van der Waals surface area contributed by atoms with E-state index in [2.05, 4.69) is 22.5 Å². The molecule has 33 heavy (non-hydrogen) atoms. The fourth-order valence-corrected chi connectivity index (χ4v) is 5.16. The SMILES string of the molecule is Cc1nn(C)cc1C(=O)N1CCC2(CCCCCc3ccccc3OCCCNC2=O)CC1. The van der Waals surface area contributed by atoms with Gasteiger partial charge in [-0.15, -0.1) is 0 Å². The molecule has 178 valence electrons. The first kappa shape index (κ1) is 23.3. The Kier molecular flexibility index (Phi) is 7.36. The van der Waals surface area contributed by atoms with Gasteiger partial charge >= 0.3 is 0 Å². The molecule has 2 amide bonds. The van der Waals surface area contributed by atoms with Crippen molar-refractivity contribution in [3.63, 3.8) is 0 Å². The molecule has 1 N–H and O–H groups in total. The summed E-state index contributed by atoms with van der Waals surface area (Å²) in [7, 11) is 1.83. The van der Waals surface area contributed by atoms with Crippen LogP contribution >= 0.6 is 0 Å². The van der Waals surface area contributed by atoms with E-state index in [-0.39, 0.29) is 17.2 Å². The molecule has 3 heterocycles. The molecule has 0 unspecified atom stereocenters. The van der Waals surface area contributed by atoms with Crippen LogP contribution in [0.5, 0.6) is 5.75 Å². The molecule has 1 saturated heterocycles. The van der Waals surface area contributed by atoms with Crippen LogP contribution in [0.1, 0.15) is 66.6 Å². The Morgan fingerprint density at radius 2 is 1.88 bits per heavy atom. The summed E-state index contributed by atoms with van der Waals surface area (Å²) in [6, 6.07) is 8.28. The number of benzene rings is 1. The summed E-state index contributed by atoms with van der Waals surface area (Å²) in [6.07, 6.45) is 9.06. The van der Waals surface area contributed by atoms with Gasteiger partial charge in [0.1, 0.15) is 5.75 Å². The number of ether oxygens (including phenoxy) is 1. The topological polar surface area (TPSA) is 76.5 Å². The minimum atomic E-state index is -0.385. The van der Waals surface area contributed by atoms with Crippen LogP contribution in [0.4, 0.5) is 0 Å². The van der Waals surface area contributed by atoms with Crippen LogP contribution in [0.2, 0.25) is 0 Å². The van der Waals surface area contributed by atoms with Gasteiger partial charge in [0.15, 0.2) is 0 Å². The van der Waals surface area contributed by atoms with E-state index in [9.17, 15) is 9.59 Å². The molecule has 2 aliphatic heterocycles. The number of carbonyl (C=O) groups excluding carboxylic acids is 2. The zero-order chi connectivity index (χ0) is 23.3. The number of aryl methyl sites for hydroxylation is 3. The van der Waals surface area contributed by atoms with Crippen LogP contribution in [-0.2, 0) is 18.3 Å². The van der Waals surface area contributed by atoms with Crippen molar-refractivity contribution < 1.29 is 14.3 Å². The highest BCUT2D eigenvalue weighted by molar-refractivity contribution is 5.95. The maximum Gasteiger partial charge on any atom is 0.257 e. The molecule has 1 aromatic heterocycles. The predicted octanol–water partition coefficient (Wildman–Crippen LogP) is 3.65. The number of piperidine rings is 1. The molecule has 1 fully saturated rings. The molecule has 4 rings (SSSR count). The molecule has 7 heteroatoms. The number of hydrogen-bond donors (Lipinski definition) is 1. The van der Waals surface area contributed by atoms with Crippen LogP contribution in [-0.4, -0.2) is 52.7 Å². The Labute approximate surface area is 196 Å². The van der Waals surface area contributed by atoms with Crippen molar-refractivity contribution in [2.24, 2.45) is 12.5 Å². The Hall–Kier alpha value is -2.83. The monoisotopic (exact) mass is 452 g/mol. The maximum atomic E-state index is 13.3. The Morgan fingerprint density at radius 3 is 2.64 bits per heavy atom. The quantitative estimate of drug-likeness (QED) is 0.717. The fourth-order valence-electron chi connectivity index (χ4n) is 5.16. The number of nitrogens with zero attached hydrogens (tertiary/aromatic N) is 3. The summed E-state index contributed by atoms with van der Waals surface area (Å²) < 4.78 is 7.68. The van der Waals surface area contributed by atoms with Crippen molar-refractivity contribution in [1.29, 1.82) is 0 Å². The summed E-state index contributed by atoms with van der Waals surface area (Å²) in [5.41, 5.74) is 2.29. The van der Waals surface area contributed by atoms with Gasteiger partial charge in [-0.1, -0.05) is 31.0 Å². The van der Waals surface area contributed by atoms with E-state index in [1.165, 1.54) is 5.56 Å². The molecule has 1 spiro atoms.